The van der Waals surface area contributed by atoms with Crippen molar-refractivity contribution in [2.24, 2.45) is 0 Å². The van der Waals surface area contributed by atoms with Gasteiger partial charge in [-0.25, -0.2) is 0 Å². The summed E-state index contributed by atoms with van der Waals surface area (Å²) in [5.41, 5.74) is 4.87. The number of hydrogen-bond donors (Lipinski definition) is 2. The Morgan fingerprint density at radius 2 is 2.03 bits per heavy atom. The van der Waals surface area contributed by atoms with Gasteiger partial charge < -0.3 is 24.4 Å². The first-order valence-electron chi connectivity index (χ1n) is 9.84. The molecule has 2 aromatic carbocycles. The predicted molar refractivity (Wildman–Crippen MR) is 110 cm³/mol. The van der Waals surface area contributed by atoms with Crippen LogP contribution in [-0.4, -0.2) is 52.8 Å². The molecule has 0 bridgehead atoms. The normalized spacial score (nSPS) is 13.2. The summed E-state index contributed by atoms with van der Waals surface area (Å²) in [4.78, 5) is 6.65. The Kier molecular flexibility index (Phi) is 5.51. The predicted octanol–water partition coefficient (Wildman–Crippen LogP) is 2.83. The second-order valence-electron chi connectivity index (χ2n) is 7.10. The molecule has 29 heavy (non-hydrogen) atoms. The van der Waals surface area contributed by atoms with Crippen LogP contribution in [0, 0.1) is 6.92 Å². The first-order chi connectivity index (χ1) is 14.2. The van der Waals surface area contributed by atoms with E-state index in [-0.39, 0.29) is 19.3 Å². The standard InChI is InChI=1S/C22H25N3O4/c1-3-28-20-11-15(8-7-14(20)2)22-23-21(24-29-22)18-5-4-6-19-17(18)9-10-25(19)16(12-26)13-27/h4-8,11,16,26-27H,3,9-10,12-13H2,1-2H3. The number of fused-ring (bicyclic) bond motifs is 1. The van der Waals surface area contributed by atoms with Crippen LogP contribution in [0.5, 0.6) is 5.75 Å². The number of hydrogen-bond acceptors (Lipinski definition) is 7. The zero-order chi connectivity index (χ0) is 20.4. The quantitative estimate of drug-likeness (QED) is 0.635. The third-order valence-corrected chi connectivity index (χ3v) is 5.33. The smallest absolute Gasteiger partial charge is 0.258 e. The molecule has 1 aliphatic rings. The molecule has 0 amide bonds. The molecule has 7 heteroatoms. The maximum absolute atomic E-state index is 9.56. The topological polar surface area (TPSA) is 91.9 Å². The number of nitrogens with zero attached hydrogens (tertiary/aromatic N) is 3. The summed E-state index contributed by atoms with van der Waals surface area (Å²) in [6.07, 6.45) is 0.797. The van der Waals surface area contributed by atoms with Crippen molar-refractivity contribution in [2.75, 3.05) is 31.3 Å². The van der Waals surface area contributed by atoms with E-state index in [2.05, 4.69) is 10.1 Å². The van der Waals surface area contributed by atoms with Gasteiger partial charge >= 0.3 is 0 Å². The zero-order valence-electron chi connectivity index (χ0n) is 16.6. The molecule has 4 rings (SSSR count). The van der Waals surface area contributed by atoms with Crippen LogP contribution >= 0.6 is 0 Å². The van der Waals surface area contributed by atoms with Gasteiger partial charge in [-0.3, -0.25) is 0 Å². The maximum atomic E-state index is 9.56. The summed E-state index contributed by atoms with van der Waals surface area (Å²) in [6, 6.07) is 11.4. The van der Waals surface area contributed by atoms with Crippen molar-refractivity contribution >= 4 is 5.69 Å². The van der Waals surface area contributed by atoms with E-state index in [1.54, 1.807) is 0 Å². The number of aryl methyl sites for hydroxylation is 1. The fraction of sp³-hybridized carbons (Fsp3) is 0.364. The van der Waals surface area contributed by atoms with Crippen LogP contribution in [0.2, 0.25) is 0 Å². The Morgan fingerprint density at radius 1 is 1.21 bits per heavy atom. The van der Waals surface area contributed by atoms with E-state index < -0.39 is 0 Å². The second kappa shape index (κ2) is 8.23. The van der Waals surface area contributed by atoms with Gasteiger partial charge in [0.15, 0.2) is 0 Å². The summed E-state index contributed by atoms with van der Waals surface area (Å²) >= 11 is 0. The van der Waals surface area contributed by atoms with Crippen LogP contribution in [0.1, 0.15) is 18.1 Å². The molecule has 7 nitrogen and oxygen atoms in total. The van der Waals surface area contributed by atoms with E-state index in [9.17, 15) is 10.2 Å². The number of aliphatic hydroxyl groups is 2. The molecule has 0 atom stereocenters. The van der Waals surface area contributed by atoms with Crippen molar-refractivity contribution in [1.29, 1.82) is 0 Å². The molecule has 3 aromatic rings. The molecule has 0 radical (unpaired) electrons. The summed E-state index contributed by atoms with van der Waals surface area (Å²) in [5.74, 6) is 1.78. The summed E-state index contributed by atoms with van der Waals surface area (Å²) < 4.78 is 11.2. The van der Waals surface area contributed by atoms with Gasteiger partial charge in [0.2, 0.25) is 5.82 Å². The lowest BCUT2D eigenvalue weighted by atomic mass is 10.0. The molecule has 0 saturated heterocycles. The molecule has 1 aliphatic heterocycles. The molecule has 0 saturated carbocycles. The molecular formula is C22H25N3O4. The van der Waals surface area contributed by atoms with Gasteiger partial charge in [0.1, 0.15) is 5.75 Å². The lowest BCUT2D eigenvalue weighted by Crippen LogP contribution is -2.39. The molecule has 2 N–H and O–H groups in total. The Balaban J connectivity index is 1.67. The van der Waals surface area contributed by atoms with E-state index in [0.717, 1.165) is 46.7 Å². The molecular weight excluding hydrogens is 370 g/mol. The minimum absolute atomic E-state index is 0.0951. The van der Waals surface area contributed by atoms with Crippen molar-refractivity contribution in [3.05, 3.63) is 47.5 Å². The van der Waals surface area contributed by atoms with Gasteiger partial charge in [0.05, 0.1) is 25.9 Å². The van der Waals surface area contributed by atoms with Crippen molar-refractivity contribution in [3.63, 3.8) is 0 Å². The van der Waals surface area contributed by atoms with Crippen molar-refractivity contribution in [3.8, 4) is 28.6 Å². The molecule has 0 aliphatic carbocycles. The number of anilines is 1. The summed E-state index contributed by atoms with van der Waals surface area (Å²) in [6.45, 7) is 5.09. The highest BCUT2D eigenvalue weighted by molar-refractivity contribution is 5.74. The highest BCUT2D eigenvalue weighted by atomic mass is 16.5. The zero-order valence-corrected chi connectivity index (χ0v) is 16.6. The molecule has 0 fully saturated rings. The minimum Gasteiger partial charge on any atom is -0.494 e. The van der Waals surface area contributed by atoms with Gasteiger partial charge in [-0.05, 0) is 49.6 Å². The number of ether oxygens (including phenoxy) is 1. The monoisotopic (exact) mass is 395 g/mol. The first kappa shape index (κ1) is 19.4. The van der Waals surface area contributed by atoms with Gasteiger partial charge in [-0.2, -0.15) is 4.98 Å². The Bertz CT molecular complexity index is 997. The molecule has 1 aromatic heterocycles. The van der Waals surface area contributed by atoms with E-state index >= 15 is 0 Å². The third-order valence-electron chi connectivity index (χ3n) is 5.33. The third kappa shape index (κ3) is 3.59. The molecule has 0 spiro atoms. The van der Waals surface area contributed by atoms with Gasteiger partial charge in [-0.15, -0.1) is 0 Å². The highest BCUT2D eigenvalue weighted by Crippen LogP contribution is 2.37. The van der Waals surface area contributed by atoms with Crippen LogP contribution in [0.15, 0.2) is 40.9 Å². The fourth-order valence-corrected chi connectivity index (χ4v) is 3.80. The van der Waals surface area contributed by atoms with Crippen molar-refractivity contribution in [1.82, 2.24) is 10.1 Å². The fourth-order valence-electron chi connectivity index (χ4n) is 3.80. The molecule has 0 unspecified atom stereocenters. The summed E-state index contributed by atoms with van der Waals surface area (Å²) in [7, 11) is 0. The largest absolute Gasteiger partial charge is 0.494 e. The van der Waals surface area contributed by atoms with Gasteiger partial charge in [0, 0.05) is 23.4 Å². The van der Waals surface area contributed by atoms with Crippen LogP contribution in [0.3, 0.4) is 0 Å². The van der Waals surface area contributed by atoms with Crippen molar-refractivity contribution < 1.29 is 19.5 Å². The maximum Gasteiger partial charge on any atom is 0.258 e. The number of aromatic nitrogens is 2. The second-order valence-corrected chi connectivity index (χ2v) is 7.10. The molecule has 152 valence electrons. The van der Waals surface area contributed by atoms with E-state index in [1.165, 1.54) is 0 Å². The van der Waals surface area contributed by atoms with Crippen LogP contribution < -0.4 is 9.64 Å². The van der Waals surface area contributed by atoms with Crippen LogP contribution in [0.4, 0.5) is 5.69 Å². The van der Waals surface area contributed by atoms with Gasteiger partial charge in [0.25, 0.3) is 5.89 Å². The number of rotatable bonds is 7. The molecule has 2 heterocycles. The Hall–Kier alpha value is -2.90. The van der Waals surface area contributed by atoms with Gasteiger partial charge in [-0.1, -0.05) is 23.4 Å². The highest BCUT2D eigenvalue weighted by Gasteiger charge is 2.28. The lowest BCUT2D eigenvalue weighted by Gasteiger charge is -2.27. The van der Waals surface area contributed by atoms with Crippen molar-refractivity contribution in [2.45, 2.75) is 26.3 Å². The minimum atomic E-state index is -0.308. The Labute approximate surface area is 169 Å². The first-order valence-corrected chi connectivity index (χ1v) is 9.84. The number of aliphatic hydroxyl groups excluding tert-OH is 2. The SMILES string of the molecule is CCOc1cc(-c2nc(-c3cccc4c3CCN4C(CO)CO)no2)ccc1C. The average molecular weight is 395 g/mol. The Morgan fingerprint density at radius 3 is 2.79 bits per heavy atom. The van der Waals surface area contributed by atoms with E-state index in [4.69, 9.17) is 9.26 Å². The van der Waals surface area contributed by atoms with E-state index in [1.807, 2.05) is 55.1 Å². The van der Waals surface area contributed by atoms with Crippen LogP contribution in [0.25, 0.3) is 22.8 Å². The summed E-state index contributed by atoms with van der Waals surface area (Å²) in [5, 5.41) is 23.3. The van der Waals surface area contributed by atoms with E-state index in [0.29, 0.717) is 18.3 Å². The van der Waals surface area contributed by atoms with Crippen LogP contribution in [-0.2, 0) is 6.42 Å². The average Bonchev–Trinajstić information content (AvgIpc) is 3.39. The number of benzene rings is 2. The lowest BCUT2D eigenvalue weighted by molar-refractivity contribution is 0.189.